The number of amides is 2. The van der Waals surface area contributed by atoms with E-state index in [1.165, 1.54) is 5.56 Å². The predicted molar refractivity (Wildman–Crippen MR) is 101 cm³/mol. The van der Waals surface area contributed by atoms with Crippen LogP contribution in [0.25, 0.3) is 0 Å². The van der Waals surface area contributed by atoms with Crippen molar-refractivity contribution in [2.45, 2.75) is 26.2 Å². The Morgan fingerprint density at radius 2 is 1.65 bits per heavy atom. The number of phenols is 1. The van der Waals surface area contributed by atoms with Crippen LogP contribution in [0.5, 0.6) is 5.75 Å². The molecule has 0 spiro atoms. The fourth-order valence-corrected chi connectivity index (χ4v) is 3.20. The first-order chi connectivity index (χ1) is 12.6. The van der Waals surface area contributed by atoms with Crippen molar-refractivity contribution in [1.82, 2.24) is 4.90 Å². The molecular weight excluding hydrogens is 328 g/mol. The van der Waals surface area contributed by atoms with Gasteiger partial charge in [-0.15, -0.1) is 0 Å². The van der Waals surface area contributed by atoms with Crippen molar-refractivity contribution < 1.29 is 14.7 Å². The molecule has 0 unspecified atom stereocenters. The molecular formula is C21H24N2O3. The zero-order chi connectivity index (χ0) is 18.5. The van der Waals surface area contributed by atoms with E-state index in [0.717, 1.165) is 6.42 Å². The molecule has 1 aliphatic rings. The highest BCUT2D eigenvalue weighted by atomic mass is 16.3. The summed E-state index contributed by atoms with van der Waals surface area (Å²) in [5.74, 6) is 0.0669. The maximum absolute atomic E-state index is 12.6. The van der Waals surface area contributed by atoms with Gasteiger partial charge in [0.25, 0.3) is 5.91 Å². The first kappa shape index (κ1) is 18.0. The summed E-state index contributed by atoms with van der Waals surface area (Å²) in [6.07, 6.45) is 2.27. The summed E-state index contributed by atoms with van der Waals surface area (Å²) in [4.78, 5) is 26.8. The van der Waals surface area contributed by atoms with Crippen molar-refractivity contribution >= 4 is 17.5 Å². The molecule has 0 aromatic heterocycles. The number of nitrogens with zero attached hydrogens (tertiary/aromatic N) is 1. The second-order valence-electron chi connectivity index (χ2n) is 6.65. The third-order valence-electron chi connectivity index (χ3n) is 4.90. The minimum atomic E-state index is -0.102. The minimum Gasteiger partial charge on any atom is -0.508 e. The van der Waals surface area contributed by atoms with Crippen LogP contribution >= 0.6 is 0 Å². The number of phenolic OH excluding ortho intramolecular Hbond substituents is 1. The van der Waals surface area contributed by atoms with E-state index in [-0.39, 0.29) is 23.5 Å². The number of carbonyl (C=O) groups excluding carboxylic acids is 2. The molecule has 1 saturated heterocycles. The molecule has 1 fully saturated rings. The largest absolute Gasteiger partial charge is 0.508 e. The van der Waals surface area contributed by atoms with Gasteiger partial charge in [0.05, 0.1) is 0 Å². The number of hydrogen-bond donors (Lipinski definition) is 2. The van der Waals surface area contributed by atoms with E-state index in [9.17, 15) is 14.7 Å². The van der Waals surface area contributed by atoms with Crippen LogP contribution in [0.3, 0.4) is 0 Å². The Kier molecular flexibility index (Phi) is 5.56. The number of benzene rings is 2. The summed E-state index contributed by atoms with van der Waals surface area (Å²) >= 11 is 0. The van der Waals surface area contributed by atoms with Crippen LogP contribution in [0.1, 0.15) is 35.7 Å². The van der Waals surface area contributed by atoms with Crippen LogP contribution in [0, 0.1) is 5.92 Å². The van der Waals surface area contributed by atoms with Gasteiger partial charge in [0.1, 0.15) is 5.75 Å². The van der Waals surface area contributed by atoms with E-state index in [2.05, 4.69) is 12.2 Å². The number of hydrogen-bond acceptors (Lipinski definition) is 3. The van der Waals surface area contributed by atoms with E-state index in [4.69, 9.17) is 0 Å². The normalized spacial score (nSPS) is 14.9. The summed E-state index contributed by atoms with van der Waals surface area (Å²) < 4.78 is 0. The average Bonchev–Trinajstić information content (AvgIpc) is 2.69. The highest BCUT2D eigenvalue weighted by Crippen LogP contribution is 2.22. The Bertz CT molecular complexity index is 761. The first-order valence-corrected chi connectivity index (χ1v) is 9.05. The summed E-state index contributed by atoms with van der Waals surface area (Å²) in [5.41, 5.74) is 2.59. The topological polar surface area (TPSA) is 69.6 Å². The smallest absolute Gasteiger partial charge is 0.253 e. The molecule has 0 bridgehead atoms. The van der Waals surface area contributed by atoms with Crippen LogP contribution in [-0.4, -0.2) is 34.9 Å². The molecule has 1 aliphatic heterocycles. The SMILES string of the molecule is CCc1ccc(C(=O)N2CCC(C(=O)Nc3ccc(O)cc3)CC2)cc1. The lowest BCUT2D eigenvalue weighted by Gasteiger charge is -2.31. The molecule has 5 nitrogen and oxygen atoms in total. The zero-order valence-electron chi connectivity index (χ0n) is 14.9. The fraction of sp³-hybridized carbons (Fsp3) is 0.333. The van der Waals surface area contributed by atoms with Crippen LogP contribution in [-0.2, 0) is 11.2 Å². The van der Waals surface area contributed by atoms with Gasteiger partial charge in [-0.2, -0.15) is 0 Å². The highest BCUT2D eigenvalue weighted by molar-refractivity contribution is 5.95. The van der Waals surface area contributed by atoms with E-state index in [1.54, 1.807) is 24.3 Å². The van der Waals surface area contributed by atoms with Gasteiger partial charge in [-0.3, -0.25) is 9.59 Å². The second kappa shape index (κ2) is 8.04. The summed E-state index contributed by atoms with van der Waals surface area (Å²) in [5, 5.41) is 12.2. The number of anilines is 1. The van der Waals surface area contributed by atoms with Crippen molar-refractivity contribution in [3.05, 3.63) is 59.7 Å². The number of likely N-dealkylation sites (tertiary alicyclic amines) is 1. The molecule has 2 aromatic carbocycles. The molecule has 0 atom stereocenters. The van der Waals surface area contributed by atoms with E-state index >= 15 is 0 Å². The van der Waals surface area contributed by atoms with E-state index in [0.29, 0.717) is 37.2 Å². The summed E-state index contributed by atoms with van der Waals surface area (Å²) in [6.45, 7) is 3.26. The molecule has 1 heterocycles. The van der Waals surface area contributed by atoms with Crippen LogP contribution < -0.4 is 5.32 Å². The summed E-state index contributed by atoms with van der Waals surface area (Å²) in [7, 11) is 0. The van der Waals surface area contributed by atoms with E-state index < -0.39 is 0 Å². The molecule has 26 heavy (non-hydrogen) atoms. The fourth-order valence-electron chi connectivity index (χ4n) is 3.20. The number of carbonyl (C=O) groups is 2. The molecule has 2 aromatic rings. The molecule has 0 aliphatic carbocycles. The van der Waals surface area contributed by atoms with Crippen molar-refractivity contribution in [3.8, 4) is 5.75 Å². The molecule has 136 valence electrons. The standard InChI is InChI=1S/C21H24N2O3/c1-2-15-3-5-17(6-4-15)21(26)23-13-11-16(12-14-23)20(25)22-18-7-9-19(24)10-8-18/h3-10,16,24H,2,11-14H2,1H3,(H,22,25). The number of aryl methyl sites for hydroxylation is 1. The Hall–Kier alpha value is -2.82. The zero-order valence-corrected chi connectivity index (χ0v) is 14.9. The quantitative estimate of drug-likeness (QED) is 0.828. The predicted octanol–water partition coefficient (Wildman–Crippen LogP) is 3.45. The lowest BCUT2D eigenvalue weighted by Crippen LogP contribution is -2.41. The van der Waals surface area contributed by atoms with Gasteiger partial charge in [0.15, 0.2) is 0 Å². The van der Waals surface area contributed by atoms with Gasteiger partial charge in [-0.1, -0.05) is 19.1 Å². The molecule has 3 rings (SSSR count). The molecule has 5 heteroatoms. The monoisotopic (exact) mass is 352 g/mol. The van der Waals surface area contributed by atoms with Crippen LogP contribution in [0.15, 0.2) is 48.5 Å². The molecule has 2 N–H and O–H groups in total. The van der Waals surface area contributed by atoms with Gasteiger partial charge < -0.3 is 15.3 Å². The van der Waals surface area contributed by atoms with Gasteiger partial charge in [0, 0.05) is 30.3 Å². The maximum atomic E-state index is 12.6. The van der Waals surface area contributed by atoms with Gasteiger partial charge >= 0.3 is 0 Å². The van der Waals surface area contributed by atoms with Crippen LogP contribution in [0.4, 0.5) is 5.69 Å². The minimum absolute atomic E-state index is 0.0323. The number of aromatic hydroxyl groups is 1. The lowest BCUT2D eigenvalue weighted by atomic mass is 9.95. The highest BCUT2D eigenvalue weighted by Gasteiger charge is 2.27. The van der Waals surface area contributed by atoms with Crippen molar-refractivity contribution in [2.24, 2.45) is 5.92 Å². The van der Waals surface area contributed by atoms with Crippen LogP contribution in [0.2, 0.25) is 0 Å². The Balaban J connectivity index is 1.53. The maximum Gasteiger partial charge on any atom is 0.253 e. The van der Waals surface area contributed by atoms with Crippen molar-refractivity contribution in [2.75, 3.05) is 18.4 Å². The third-order valence-corrected chi connectivity index (χ3v) is 4.90. The first-order valence-electron chi connectivity index (χ1n) is 9.05. The molecule has 0 saturated carbocycles. The third kappa shape index (κ3) is 4.23. The number of piperidine rings is 1. The number of nitrogens with one attached hydrogen (secondary N) is 1. The Morgan fingerprint density at radius 1 is 1.04 bits per heavy atom. The van der Waals surface area contributed by atoms with Gasteiger partial charge in [-0.25, -0.2) is 0 Å². The van der Waals surface area contributed by atoms with Gasteiger partial charge in [-0.05, 0) is 61.2 Å². The summed E-state index contributed by atoms with van der Waals surface area (Å²) in [6, 6.07) is 14.2. The lowest BCUT2D eigenvalue weighted by molar-refractivity contribution is -0.121. The van der Waals surface area contributed by atoms with E-state index in [1.807, 2.05) is 29.2 Å². The van der Waals surface area contributed by atoms with Crippen molar-refractivity contribution in [1.29, 1.82) is 0 Å². The Labute approximate surface area is 153 Å². The molecule has 2 amide bonds. The van der Waals surface area contributed by atoms with Gasteiger partial charge in [0.2, 0.25) is 5.91 Å². The average molecular weight is 352 g/mol. The number of rotatable bonds is 4. The van der Waals surface area contributed by atoms with Crippen molar-refractivity contribution in [3.63, 3.8) is 0 Å². The molecule has 0 radical (unpaired) electrons. The Morgan fingerprint density at radius 3 is 2.23 bits per heavy atom. The second-order valence-corrected chi connectivity index (χ2v) is 6.65.